The Morgan fingerprint density at radius 2 is 2.17 bits per heavy atom. The maximum atomic E-state index is 3.54. The molecule has 1 aromatic rings. The van der Waals surface area contributed by atoms with Gasteiger partial charge in [0.05, 0.1) is 0 Å². The van der Waals surface area contributed by atoms with Crippen molar-refractivity contribution in [3.63, 3.8) is 0 Å². The number of alkyl halides is 1. The summed E-state index contributed by atoms with van der Waals surface area (Å²) in [6.07, 6.45) is 1.17. The number of aryl methyl sites for hydroxylation is 1. The topological polar surface area (TPSA) is 0 Å². The van der Waals surface area contributed by atoms with Crippen LogP contribution in [0.5, 0.6) is 0 Å². The van der Waals surface area contributed by atoms with Crippen molar-refractivity contribution in [2.45, 2.75) is 27.2 Å². The number of hydrogen-bond acceptors (Lipinski definition) is 1. The molecule has 0 aromatic carbocycles. The Morgan fingerprint density at radius 3 is 2.58 bits per heavy atom. The van der Waals surface area contributed by atoms with Gasteiger partial charge in [0.15, 0.2) is 0 Å². The van der Waals surface area contributed by atoms with E-state index >= 15 is 0 Å². The molecule has 12 heavy (non-hydrogen) atoms. The first kappa shape index (κ1) is 10.3. The molecule has 0 amide bonds. The van der Waals surface area contributed by atoms with E-state index in [1.165, 1.54) is 16.9 Å². The highest BCUT2D eigenvalue weighted by Crippen LogP contribution is 2.26. The van der Waals surface area contributed by atoms with Gasteiger partial charge in [0.2, 0.25) is 0 Å². The van der Waals surface area contributed by atoms with Crippen LogP contribution in [0.3, 0.4) is 0 Å². The largest absolute Gasteiger partial charge is 0.149 e. The second-order valence-electron chi connectivity index (χ2n) is 4.04. The van der Waals surface area contributed by atoms with Gasteiger partial charge in [-0.3, -0.25) is 0 Å². The fourth-order valence-electron chi connectivity index (χ4n) is 1.19. The summed E-state index contributed by atoms with van der Waals surface area (Å²) in [5, 5.41) is 3.33. The highest BCUT2D eigenvalue weighted by molar-refractivity contribution is 9.09. The first-order valence-electron chi connectivity index (χ1n) is 4.13. The average molecular weight is 247 g/mol. The van der Waals surface area contributed by atoms with Gasteiger partial charge in [-0.2, -0.15) is 0 Å². The predicted octanol–water partition coefficient (Wildman–Crippen LogP) is 4.02. The minimum atomic E-state index is 0.382. The lowest BCUT2D eigenvalue weighted by molar-refractivity contribution is 0.425. The van der Waals surface area contributed by atoms with E-state index in [-0.39, 0.29) is 0 Å². The minimum Gasteiger partial charge on any atom is -0.149 e. The van der Waals surface area contributed by atoms with E-state index in [0.717, 1.165) is 5.33 Å². The lowest BCUT2D eigenvalue weighted by Crippen LogP contribution is -2.15. The standard InChI is InChI=1S/C10H15BrS/c1-8-4-9(6-12-8)5-10(2,3)7-11/h4,6H,5,7H2,1-3H3. The van der Waals surface area contributed by atoms with E-state index in [9.17, 15) is 0 Å². The summed E-state index contributed by atoms with van der Waals surface area (Å²) in [6.45, 7) is 6.73. The molecule has 68 valence electrons. The van der Waals surface area contributed by atoms with E-state index in [1.807, 2.05) is 11.3 Å². The zero-order chi connectivity index (χ0) is 9.19. The molecule has 0 aliphatic rings. The fraction of sp³-hybridized carbons (Fsp3) is 0.600. The van der Waals surface area contributed by atoms with Gasteiger partial charge in [-0.25, -0.2) is 0 Å². The molecule has 0 unspecified atom stereocenters. The second-order valence-corrected chi connectivity index (χ2v) is 5.72. The summed E-state index contributed by atoms with van der Waals surface area (Å²) in [5.41, 5.74) is 1.86. The fourth-order valence-corrected chi connectivity index (χ4v) is 2.10. The van der Waals surface area contributed by atoms with E-state index in [2.05, 4.69) is 48.1 Å². The average Bonchev–Trinajstić information content (AvgIpc) is 2.35. The summed E-state index contributed by atoms with van der Waals surface area (Å²) < 4.78 is 0. The summed E-state index contributed by atoms with van der Waals surface area (Å²) in [7, 11) is 0. The first-order valence-corrected chi connectivity index (χ1v) is 6.13. The molecule has 2 heteroatoms. The molecule has 1 rings (SSSR count). The molecule has 0 atom stereocenters. The lowest BCUT2D eigenvalue weighted by atomic mass is 9.89. The smallest absolute Gasteiger partial charge is 0.00858 e. The van der Waals surface area contributed by atoms with Gasteiger partial charge >= 0.3 is 0 Å². The number of hydrogen-bond donors (Lipinski definition) is 0. The maximum absolute atomic E-state index is 3.54. The molecule has 0 aliphatic carbocycles. The maximum Gasteiger partial charge on any atom is 0.00858 e. The van der Waals surface area contributed by atoms with Gasteiger partial charge in [0.1, 0.15) is 0 Å². The Hall–Kier alpha value is 0.180. The highest BCUT2D eigenvalue weighted by atomic mass is 79.9. The normalized spacial score (nSPS) is 12.0. The van der Waals surface area contributed by atoms with Crippen molar-refractivity contribution in [3.05, 3.63) is 21.9 Å². The number of halogens is 1. The Kier molecular flexibility index (Phi) is 3.36. The van der Waals surface area contributed by atoms with Crippen molar-refractivity contribution in [1.29, 1.82) is 0 Å². The van der Waals surface area contributed by atoms with Gasteiger partial charge in [-0.1, -0.05) is 29.8 Å². The Balaban J connectivity index is 2.63. The molecule has 0 nitrogen and oxygen atoms in total. The first-order chi connectivity index (χ1) is 5.53. The molecule has 0 saturated heterocycles. The zero-order valence-corrected chi connectivity index (χ0v) is 10.3. The Morgan fingerprint density at radius 1 is 1.50 bits per heavy atom. The molecule has 0 radical (unpaired) electrons. The monoisotopic (exact) mass is 246 g/mol. The predicted molar refractivity (Wildman–Crippen MR) is 60.3 cm³/mol. The molecule has 0 aliphatic heterocycles. The minimum absolute atomic E-state index is 0.382. The van der Waals surface area contributed by atoms with Crippen molar-refractivity contribution in [1.82, 2.24) is 0 Å². The van der Waals surface area contributed by atoms with Crippen LogP contribution in [0.25, 0.3) is 0 Å². The van der Waals surface area contributed by atoms with Crippen LogP contribution in [0.1, 0.15) is 24.3 Å². The van der Waals surface area contributed by atoms with Gasteiger partial charge in [-0.05, 0) is 35.8 Å². The number of rotatable bonds is 3. The molecule has 0 N–H and O–H groups in total. The van der Waals surface area contributed by atoms with Crippen LogP contribution in [0.15, 0.2) is 11.4 Å². The van der Waals surface area contributed by atoms with Crippen LogP contribution >= 0.6 is 27.3 Å². The summed E-state index contributed by atoms with van der Waals surface area (Å²) in [5.74, 6) is 0. The number of thiophene rings is 1. The van der Waals surface area contributed by atoms with Crippen LogP contribution in [0.4, 0.5) is 0 Å². The quantitative estimate of drug-likeness (QED) is 0.707. The van der Waals surface area contributed by atoms with Gasteiger partial charge < -0.3 is 0 Å². The van der Waals surface area contributed by atoms with Gasteiger partial charge in [0, 0.05) is 10.2 Å². The summed E-state index contributed by atoms with van der Waals surface area (Å²) >= 11 is 5.38. The summed E-state index contributed by atoms with van der Waals surface area (Å²) in [6, 6.07) is 2.29. The second kappa shape index (κ2) is 3.93. The zero-order valence-electron chi connectivity index (χ0n) is 7.86. The van der Waals surface area contributed by atoms with Crippen molar-refractivity contribution in [3.8, 4) is 0 Å². The SMILES string of the molecule is Cc1cc(CC(C)(C)CBr)cs1. The highest BCUT2D eigenvalue weighted by Gasteiger charge is 2.16. The third-order valence-corrected chi connectivity index (χ3v) is 4.26. The van der Waals surface area contributed by atoms with Crippen LogP contribution in [-0.4, -0.2) is 5.33 Å². The van der Waals surface area contributed by atoms with E-state index in [4.69, 9.17) is 0 Å². The molecule has 0 saturated carbocycles. The van der Waals surface area contributed by atoms with Gasteiger partial charge in [0.25, 0.3) is 0 Å². The van der Waals surface area contributed by atoms with Crippen LogP contribution in [0, 0.1) is 12.3 Å². The molecular formula is C10H15BrS. The molecular weight excluding hydrogens is 232 g/mol. The van der Waals surface area contributed by atoms with Crippen molar-refractivity contribution >= 4 is 27.3 Å². The van der Waals surface area contributed by atoms with Crippen LogP contribution in [-0.2, 0) is 6.42 Å². The van der Waals surface area contributed by atoms with E-state index in [1.54, 1.807) is 0 Å². The third kappa shape index (κ3) is 2.91. The van der Waals surface area contributed by atoms with Crippen molar-refractivity contribution < 1.29 is 0 Å². The molecule has 0 spiro atoms. The Bertz CT molecular complexity index is 250. The lowest BCUT2D eigenvalue weighted by Gasteiger charge is -2.20. The molecule has 0 bridgehead atoms. The van der Waals surface area contributed by atoms with Gasteiger partial charge in [-0.15, -0.1) is 11.3 Å². The van der Waals surface area contributed by atoms with Crippen LogP contribution < -0.4 is 0 Å². The van der Waals surface area contributed by atoms with E-state index in [0.29, 0.717) is 5.41 Å². The van der Waals surface area contributed by atoms with E-state index < -0.39 is 0 Å². The van der Waals surface area contributed by atoms with Crippen molar-refractivity contribution in [2.24, 2.45) is 5.41 Å². The molecule has 0 fully saturated rings. The van der Waals surface area contributed by atoms with Crippen LogP contribution in [0.2, 0.25) is 0 Å². The summed E-state index contributed by atoms with van der Waals surface area (Å²) in [4.78, 5) is 1.41. The molecule has 1 heterocycles. The Labute approximate surface area is 87.1 Å². The van der Waals surface area contributed by atoms with Crippen molar-refractivity contribution in [2.75, 3.05) is 5.33 Å². The third-order valence-electron chi connectivity index (χ3n) is 1.83. The molecule has 1 aromatic heterocycles.